The molecule has 0 amide bonds. The van der Waals surface area contributed by atoms with E-state index in [4.69, 9.17) is 23.7 Å². The molecule has 2 aromatic heterocycles. The Bertz CT molecular complexity index is 1450. The molecule has 0 unspecified atom stereocenters. The molecule has 15 nitrogen and oxygen atoms in total. The van der Waals surface area contributed by atoms with Crippen LogP contribution in [0.5, 0.6) is 0 Å². The van der Waals surface area contributed by atoms with Crippen LogP contribution < -0.4 is 0 Å². The zero-order chi connectivity index (χ0) is 42.0. The Labute approximate surface area is 327 Å². The summed E-state index contributed by atoms with van der Waals surface area (Å²) in [4.78, 5) is 77.8. The molecule has 0 spiro atoms. The van der Waals surface area contributed by atoms with Gasteiger partial charge in [0.2, 0.25) is 0 Å². The van der Waals surface area contributed by atoms with Crippen LogP contribution in [0, 0.1) is 0 Å². The highest BCUT2D eigenvalue weighted by Crippen LogP contribution is 2.13. The van der Waals surface area contributed by atoms with E-state index in [1.165, 1.54) is 14.2 Å². The lowest BCUT2D eigenvalue weighted by atomic mass is 10.2. The topological polar surface area (TPSA) is 167 Å². The molecule has 0 aromatic carbocycles. The van der Waals surface area contributed by atoms with Crippen molar-refractivity contribution in [3.8, 4) is 0 Å². The van der Waals surface area contributed by atoms with E-state index < -0.39 is 46.6 Å². The Kier molecular flexibility index (Phi) is 20.1. The number of ether oxygens (including phenoxy) is 5. The van der Waals surface area contributed by atoms with Crippen LogP contribution in [-0.2, 0) is 51.2 Å². The smallest absolute Gasteiger partial charge is 0.356 e. The largest absolute Gasteiger partial charge is 0.464 e. The van der Waals surface area contributed by atoms with Crippen LogP contribution in [0.25, 0.3) is 0 Å². The van der Waals surface area contributed by atoms with Gasteiger partial charge in [0.25, 0.3) is 0 Å². The normalized spacial score (nSPS) is 11.8. The first-order chi connectivity index (χ1) is 25.6. The molecule has 308 valence electrons. The van der Waals surface area contributed by atoms with Crippen LogP contribution in [-0.4, -0.2) is 131 Å². The summed E-state index contributed by atoms with van der Waals surface area (Å²) < 4.78 is 26.5. The molecule has 0 aliphatic heterocycles. The molecule has 2 heterocycles. The number of esters is 5. The maximum atomic E-state index is 13.1. The maximum Gasteiger partial charge on any atom is 0.356 e. The molecule has 0 aliphatic carbocycles. The van der Waals surface area contributed by atoms with Crippen molar-refractivity contribution in [2.24, 2.45) is 0 Å². The monoisotopic (exact) mass is 773 g/mol. The Morgan fingerprint density at radius 1 is 0.509 bits per heavy atom. The highest BCUT2D eigenvalue weighted by Gasteiger charge is 2.25. The van der Waals surface area contributed by atoms with E-state index >= 15 is 0 Å². The number of rotatable bonds is 18. The summed E-state index contributed by atoms with van der Waals surface area (Å²) in [6, 6.07) is 9.93. The highest BCUT2D eigenvalue weighted by atomic mass is 16.6. The third-order valence-corrected chi connectivity index (χ3v) is 6.96. The van der Waals surface area contributed by atoms with Gasteiger partial charge in [0.15, 0.2) is 0 Å². The summed E-state index contributed by atoms with van der Waals surface area (Å²) in [5, 5.41) is 0. The van der Waals surface area contributed by atoms with Gasteiger partial charge in [-0.25, -0.2) is 19.6 Å². The molecule has 15 heteroatoms. The highest BCUT2D eigenvalue weighted by molar-refractivity contribution is 5.87. The number of hydrogen-bond donors (Lipinski definition) is 0. The minimum atomic E-state index is -0.721. The lowest BCUT2D eigenvalue weighted by molar-refractivity contribution is -0.158. The number of nitrogens with zero attached hydrogens (tertiary/aromatic N) is 5. The van der Waals surface area contributed by atoms with E-state index in [1.807, 2.05) is 28.5 Å². The first-order valence-corrected chi connectivity index (χ1v) is 18.5. The standard InChI is InChI=1S/C38H57N5O10.C2H6/c1-36(2,3)51-31(44)24-41(18-20-42(25-32(45)52-37(4,5)6)22-27-14-12-16-29(39-27)34(47)49-10)19-21-43(26-33(46)53-38(7,8)9)23-28-15-13-17-30(40-28)35(48)50-11;1-2/h12-17H,18-26H2,1-11H3;1-2H3. The molecule has 0 N–H and O–H groups in total. The van der Waals surface area contributed by atoms with E-state index in [9.17, 15) is 24.0 Å². The van der Waals surface area contributed by atoms with Crippen LogP contribution in [0.15, 0.2) is 36.4 Å². The fraction of sp³-hybridized carbons (Fsp3) is 0.625. The van der Waals surface area contributed by atoms with Crippen LogP contribution >= 0.6 is 0 Å². The fourth-order valence-corrected chi connectivity index (χ4v) is 4.96. The second-order valence-corrected chi connectivity index (χ2v) is 15.5. The minimum absolute atomic E-state index is 0.0794. The van der Waals surface area contributed by atoms with Gasteiger partial charge in [-0.3, -0.25) is 29.1 Å². The lowest BCUT2D eigenvalue weighted by Gasteiger charge is -2.31. The van der Waals surface area contributed by atoms with Crippen LogP contribution in [0.3, 0.4) is 0 Å². The molecule has 0 saturated carbocycles. The zero-order valence-electron chi connectivity index (χ0n) is 35.1. The molecule has 0 fully saturated rings. The van der Waals surface area contributed by atoms with Gasteiger partial charge in [0.05, 0.1) is 45.2 Å². The number of pyridine rings is 2. The van der Waals surface area contributed by atoms with Crippen LogP contribution in [0.1, 0.15) is 109 Å². The van der Waals surface area contributed by atoms with Crippen molar-refractivity contribution < 1.29 is 47.7 Å². The van der Waals surface area contributed by atoms with Gasteiger partial charge < -0.3 is 23.7 Å². The summed E-state index contributed by atoms with van der Waals surface area (Å²) >= 11 is 0. The minimum Gasteiger partial charge on any atom is -0.464 e. The van der Waals surface area contributed by atoms with Crippen molar-refractivity contribution in [2.75, 3.05) is 60.0 Å². The van der Waals surface area contributed by atoms with Crippen molar-refractivity contribution in [1.82, 2.24) is 24.7 Å². The molecule has 0 radical (unpaired) electrons. The van der Waals surface area contributed by atoms with E-state index in [0.717, 1.165) is 0 Å². The van der Waals surface area contributed by atoms with Crippen molar-refractivity contribution in [3.05, 3.63) is 59.2 Å². The van der Waals surface area contributed by atoms with Gasteiger partial charge >= 0.3 is 29.8 Å². The summed E-state index contributed by atoms with van der Waals surface area (Å²) in [5.41, 5.74) is -0.827. The van der Waals surface area contributed by atoms with Crippen molar-refractivity contribution >= 4 is 29.8 Å². The second-order valence-electron chi connectivity index (χ2n) is 15.5. The molecular formula is C40H63N5O10. The molecule has 55 heavy (non-hydrogen) atoms. The first kappa shape index (κ1) is 48.5. The Balaban J connectivity index is 0.00000743. The van der Waals surface area contributed by atoms with E-state index in [1.54, 1.807) is 98.7 Å². The Morgan fingerprint density at radius 2 is 0.800 bits per heavy atom. The summed E-state index contributed by atoms with van der Waals surface area (Å²) in [6.07, 6.45) is 0. The third-order valence-electron chi connectivity index (χ3n) is 6.96. The maximum absolute atomic E-state index is 13.1. The van der Waals surface area contributed by atoms with Crippen molar-refractivity contribution in [1.29, 1.82) is 0 Å². The van der Waals surface area contributed by atoms with Gasteiger partial charge in [-0.2, -0.15) is 0 Å². The van der Waals surface area contributed by atoms with Crippen LogP contribution in [0.4, 0.5) is 0 Å². The fourth-order valence-electron chi connectivity index (χ4n) is 4.96. The van der Waals surface area contributed by atoms with E-state index in [2.05, 4.69) is 9.97 Å². The molecule has 0 aliphatic rings. The summed E-state index contributed by atoms with van der Waals surface area (Å²) in [7, 11) is 2.55. The molecule has 0 bridgehead atoms. The summed E-state index contributed by atoms with van der Waals surface area (Å²) in [6.45, 7) is 21.3. The van der Waals surface area contributed by atoms with Gasteiger partial charge in [0.1, 0.15) is 28.2 Å². The van der Waals surface area contributed by atoms with Crippen molar-refractivity contribution in [2.45, 2.75) is 106 Å². The molecule has 0 atom stereocenters. The average Bonchev–Trinajstić information content (AvgIpc) is 3.07. The predicted octanol–water partition coefficient (Wildman–Crippen LogP) is 4.71. The Morgan fingerprint density at radius 3 is 1.09 bits per heavy atom. The zero-order valence-corrected chi connectivity index (χ0v) is 35.1. The van der Waals surface area contributed by atoms with Gasteiger partial charge in [0, 0.05) is 39.3 Å². The lowest BCUT2D eigenvalue weighted by Crippen LogP contribution is -2.45. The number of hydrogen-bond acceptors (Lipinski definition) is 15. The number of carbonyl (C=O) groups excluding carboxylic acids is 5. The second kappa shape index (κ2) is 22.8. The van der Waals surface area contributed by atoms with Gasteiger partial charge in [-0.1, -0.05) is 26.0 Å². The van der Waals surface area contributed by atoms with Crippen LogP contribution in [0.2, 0.25) is 0 Å². The van der Waals surface area contributed by atoms with Gasteiger partial charge in [-0.15, -0.1) is 0 Å². The summed E-state index contributed by atoms with van der Waals surface area (Å²) in [5.74, 6) is -2.53. The SMILES string of the molecule is CC.COC(=O)c1cccc(CN(CCN(CCN(CC(=O)OC(C)(C)C)Cc2cccc(C(=O)OC)n2)CC(=O)OC(C)(C)C)CC(=O)OC(C)(C)C)n1. The number of carbonyl (C=O) groups is 5. The third kappa shape index (κ3) is 21.3. The van der Waals surface area contributed by atoms with E-state index in [-0.39, 0.29) is 44.1 Å². The number of aromatic nitrogens is 2. The Hall–Kier alpha value is -4.47. The predicted molar refractivity (Wildman–Crippen MR) is 207 cm³/mol. The molecule has 2 rings (SSSR count). The number of methoxy groups -OCH3 is 2. The average molecular weight is 774 g/mol. The quantitative estimate of drug-likeness (QED) is 0.151. The van der Waals surface area contributed by atoms with E-state index in [0.29, 0.717) is 37.6 Å². The van der Waals surface area contributed by atoms with Gasteiger partial charge in [-0.05, 0) is 86.6 Å². The first-order valence-electron chi connectivity index (χ1n) is 18.5. The molecule has 0 saturated heterocycles. The van der Waals surface area contributed by atoms with Crippen molar-refractivity contribution in [3.63, 3.8) is 0 Å². The molecular weight excluding hydrogens is 710 g/mol. The molecule has 2 aromatic rings.